The number of aryl methyl sites for hydroxylation is 1. The van der Waals surface area contributed by atoms with Gasteiger partial charge in [0.15, 0.2) is 0 Å². The Labute approximate surface area is 175 Å². The predicted molar refractivity (Wildman–Crippen MR) is 111 cm³/mol. The van der Waals surface area contributed by atoms with E-state index in [0.717, 1.165) is 29.3 Å². The van der Waals surface area contributed by atoms with Gasteiger partial charge in [-0.25, -0.2) is 9.97 Å². The summed E-state index contributed by atoms with van der Waals surface area (Å²) in [7, 11) is 0. The second kappa shape index (κ2) is 8.17. The molecule has 30 heavy (non-hydrogen) atoms. The summed E-state index contributed by atoms with van der Waals surface area (Å²) in [4.78, 5) is 24.3. The number of carbonyl (C=O) groups excluding carboxylic acids is 1. The van der Waals surface area contributed by atoms with Crippen molar-refractivity contribution in [1.29, 1.82) is 0 Å². The minimum absolute atomic E-state index is 0.0121. The molecule has 2 N–H and O–H groups in total. The molecule has 158 valence electrons. The molecule has 0 amide bonds. The lowest BCUT2D eigenvalue weighted by Crippen LogP contribution is -2.23. The maximum absolute atomic E-state index is 12.6. The first-order valence-electron chi connectivity index (χ1n) is 9.59. The van der Waals surface area contributed by atoms with Crippen LogP contribution in [-0.4, -0.2) is 40.0 Å². The van der Waals surface area contributed by atoms with Gasteiger partial charge in [0.05, 0.1) is 21.5 Å². The van der Waals surface area contributed by atoms with Crippen LogP contribution in [0.1, 0.15) is 25.0 Å². The van der Waals surface area contributed by atoms with Gasteiger partial charge in [-0.15, -0.1) is 11.3 Å². The predicted octanol–water partition coefficient (Wildman–Crippen LogP) is 4.82. The second-order valence-electron chi connectivity index (χ2n) is 7.36. The number of anilines is 2. The average Bonchev–Trinajstić information content (AvgIpc) is 3.32. The standard InChI is InChI=1S/C20H20F3N5OS/c1-11-16(18-27-14-4-2-3-5-15(14)30-18)17(26-13-7-6-12(8-13)9-29)28-19(25-11)24-10-20(21,22)23/h2-5,9,12-13H,6-8,10H2,1H3,(H2,24,25,26,28)/t12-,13+/m1/s1. The van der Waals surface area contributed by atoms with Crippen LogP contribution in [0.3, 0.4) is 0 Å². The maximum atomic E-state index is 12.6. The smallest absolute Gasteiger partial charge is 0.367 e. The number of thiazole rings is 1. The molecule has 6 nitrogen and oxygen atoms in total. The number of hydrogen-bond donors (Lipinski definition) is 2. The van der Waals surface area contributed by atoms with E-state index in [-0.39, 0.29) is 17.9 Å². The minimum atomic E-state index is -4.38. The van der Waals surface area contributed by atoms with Crippen molar-refractivity contribution in [1.82, 2.24) is 15.0 Å². The summed E-state index contributed by atoms with van der Waals surface area (Å²) in [6, 6.07) is 7.71. The number of halogens is 3. The van der Waals surface area contributed by atoms with E-state index in [9.17, 15) is 18.0 Å². The molecular weight excluding hydrogens is 415 g/mol. The summed E-state index contributed by atoms with van der Waals surface area (Å²) in [6.45, 7) is 0.513. The Morgan fingerprint density at radius 2 is 2.00 bits per heavy atom. The number of para-hydroxylation sites is 1. The van der Waals surface area contributed by atoms with E-state index in [4.69, 9.17) is 0 Å². The summed E-state index contributed by atoms with van der Waals surface area (Å²) in [6.07, 6.45) is -1.19. The molecule has 2 aromatic heterocycles. The highest BCUT2D eigenvalue weighted by Gasteiger charge is 2.29. The molecule has 0 saturated heterocycles. The van der Waals surface area contributed by atoms with Gasteiger partial charge in [0, 0.05) is 12.0 Å². The lowest BCUT2D eigenvalue weighted by Gasteiger charge is -2.18. The van der Waals surface area contributed by atoms with Gasteiger partial charge in [-0.1, -0.05) is 12.1 Å². The highest BCUT2D eigenvalue weighted by molar-refractivity contribution is 7.21. The Hall–Kier alpha value is -2.75. The summed E-state index contributed by atoms with van der Waals surface area (Å²) in [5.74, 6) is 0.323. The van der Waals surface area contributed by atoms with Crippen LogP contribution in [0.4, 0.5) is 24.9 Å². The molecule has 1 aliphatic rings. The number of aldehydes is 1. The van der Waals surface area contributed by atoms with E-state index < -0.39 is 12.7 Å². The molecule has 2 heterocycles. The number of nitrogens with one attached hydrogen (secondary N) is 2. The molecular formula is C20H20F3N5OS. The van der Waals surface area contributed by atoms with Crippen molar-refractivity contribution in [2.24, 2.45) is 5.92 Å². The first-order valence-corrected chi connectivity index (χ1v) is 10.4. The Morgan fingerprint density at radius 1 is 1.20 bits per heavy atom. The van der Waals surface area contributed by atoms with Crippen molar-refractivity contribution >= 4 is 39.6 Å². The van der Waals surface area contributed by atoms with E-state index in [1.807, 2.05) is 24.3 Å². The fraction of sp³-hybridized carbons (Fsp3) is 0.400. The Balaban J connectivity index is 1.72. The molecule has 1 saturated carbocycles. The zero-order valence-corrected chi connectivity index (χ0v) is 17.0. The number of hydrogen-bond acceptors (Lipinski definition) is 7. The summed E-state index contributed by atoms with van der Waals surface area (Å²) >= 11 is 1.48. The van der Waals surface area contributed by atoms with Crippen molar-refractivity contribution in [2.75, 3.05) is 17.2 Å². The van der Waals surface area contributed by atoms with Crippen LogP contribution in [0.2, 0.25) is 0 Å². The highest BCUT2D eigenvalue weighted by Crippen LogP contribution is 2.37. The Morgan fingerprint density at radius 3 is 2.70 bits per heavy atom. The van der Waals surface area contributed by atoms with Gasteiger partial charge < -0.3 is 15.4 Å². The summed E-state index contributed by atoms with van der Waals surface area (Å²) in [5.41, 5.74) is 2.04. The van der Waals surface area contributed by atoms with Gasteiger partial charge in [0.1, 0.15) is 23.7 Å². The van der Waals surface area contributed by atoms with Gasteiger partial charge in [-0.2, -0.15) is 18.2 Å². The normalized spacial score (nSPS) is 19.2. The molecule has 0 bridgehead atoms. The van der Waals surface area contributed by atoms with E-state index in [2.05, 4.69) is 25.6 Å². The molecule has 0 radical (unpaired) electrons. The van der Waals surface area contributed by atoms with Crippen LogP contribution in [0.15, 0.2) is 24.3 Å². The van der Waals surface area contributed by atoms with Crippen LogP contribution in [-0.2, 0) is 4.79 Å². The number of rotatable bonds is 6. The highest BCUT2D eigenvalue weighted by atomic mass is 32.1. The molecule has 3 aromatic rings. The van der Waals surface area contributed by atoms with Crippen molar-refractivity contribution in [3.05, 3.63) is 30.0 Å². The zero-order valence-electron chi connectivity index (χ0n) is 16.2. The number of benzene rings is 1. The van der Waals surface area contributed by atoms with Crippen LogP contribution < -0.4 is 10.6 Å². The van der Waals surface area contributed by atoms with Gasteiger partial charge in [0.2, 0.25) is 5.95 Å². The molecule has 2 atom stereocenters. The average molecular weight is 435 g/mol. The van der Waals surface area contributed by atoms with Crippen LogP contribution in [0.5, 0.6) is 0 Å². The molecule has 1 aromatic carbocycles. The topological polar surface area (TPSA) is 79.8 Å². The molecule has 0 unspecified atom stereocenters. The SMILES string of the molecule is Cc1nc(NCC(F)(F)F)nc(N[C@H]2CC[C@@H](C=O)C2)c1-c1nc2ccccc2s1. The fourth-order valence-electron chi connectivity index (χ4n) is 3.64. The number of aromatic nitrogens is 3. The van der Waals surface area contributed by atoms with E-state index in [1.165, 1.54) is 11.3 Å². The molecule has 1 fully saturated rings. The van der Waals surface area contributed by atoms with Crippen LogP contribution in [0, 0.1) is 12.8 Å². The molecule has 10 heteroatoms. The van der Waals surface area contributed by atoms with Crippen LogP contribution >= 0.6 is 11.3 Å². The third-order valence-corrected chi connectivity index (χ3v) is 6.10. The van der Waals surface area contributed by atoms with Gasteiger partial charge in [0.25, 0.3) is 0 Å². The summed E-state index contributed by atoms with van der Waals surface area (Å²) < 4.78 is 38.9. The lowest BCUT2D eigenvalue weighted by atomic mass is 10.1. The first-order chi connectivity index (χ1) is 14.3. The van der Waals surface area contributed by atoms with E-state index >= 15 is 0 Å². The largest absolute Gasteiger partial charge is 0.405 e. The van der Waals surface area contributed by atoms with Crippen molar-refractivity contribution in [3.63, 3.8) is 0 Å². The number of nitrogens with zero attached hydrogens (tertiary/aromatic N) is 3. The number of alkyl halides is 3. The van der Waals surface area contributed by atoms with Gasteiger partial charge in [-0.05, 0) is 38.3 Å². The monoisotopic (exact) mass is 435 g/mol. The van der Waals surface area contributed by atoms with Crippen LogP contribution in [0.25, 0.3) is 20.8 Å². The summed E-state index contributed by atoms with van der Waals surface area (Å²) in [5, 5.41) is 6.28. The fourth-order valence-corrected chi connectivity index (χ4v) is 4.70. The van der Waals surface area contributed by atoms with E-state index in [0.29, 0.717) is 28.5 Å². The Bertz CT molecular complexity index is 1040. The molecule has 1 aliphatic carbocycles. The molecule has 0 spiro atoms. The van der Waals surface area contributed by atoms with Gasteiger partial charge >= 0.3 is 6.18 Å². The molecule has 0 aliphatic heterocycles. The number of carbonyl (C=O) groups is 1. The van der Waals surface area contributed by atoms with Crippen molar-refractivity contribution < 1.29 is 18.0 Å². The zero-order chi connectivity index (χ0) is 21.3. The maximum Gasteiger partial charge on any atom is 0.405 e. The quantitative estimate of drug-likeness (QED) is 0.541. The first kappa shape index (κ1) is 20.5. The second-order valence-corrected chi connectivity index (χ2v) is 8.39. The number of fused-ring (bicyclic) bond motifs is 1. The molecule has 4 rings (SSSR count). The third-order valence-electron chi connectivity index (χ3n) is 5.05. The van der Waals surface area contributed by atoms with Crippen molar-refractivity contribution in [3.8, 4) is 10.6 Å². The lowest BCUT2D eigenvalue weighted by molar-refractivity contribution is -0.115. The third kappa shape index (κ3) is 4.53. The van der Waals surface area contributed by atoms with Gasteiger partial charge in [-0.3, -0.25) is 0 Å². The van der Waals surface area contributed by atoms with Crippen molar-refractivity contribution in [2.45, 2.75) is 38.4 Å². The Kier molecular flexibility index (Phi) is 5.59. The minimum Gasteiger partial charge on any atom is -0.367 e. The van der Waals surface area contributed by atoms with E-state index in [1.54, 1.807) is 6.92 Å².